The molecule has 0 saturated carbocycles. The number of carbonyl (C=O) groups excluding carboxylic acids is 2. The molecule has 1 amide bonds. The standard InChI is InChI=1S/C27H34N2O5/c1-5-17-34-22-10-8-9-20(18-22)24-23(25(30)19-11-13-21(33-4)14-12-19)26(31)27(32)29(24)16-15-28(6-2)7-3/h8-14,18,24,30H,5-7,15-17H2,1-4H3/t24-/m0/s1. The summed E-state index contributed by atoms with van der Waals surface area (Å²) in [5.41, 5.74) is 1.26. The molecule has 182 valence electrons. The first-order chi connectivity index (χ1) is 16.4. The number of hydrogen-bond acceptors (Lipinski definition) is 6. The Bertz CT molecular complexity index is 1030. The summed E-state index contributed by atoms with van der Waals surface area (Å²) < 4.78 is 11.0. The van der Waals surface area contributed by atoms with Crippen molar-refractivity contribution in [2.75, 3.05) is 39.9 Å². The summed E-state index contributed by atoms with van der Waals surface area (Å²) in [5, 5.41) is 11.2. The third-order valence-corrected chi connectivity index (χ3v) is 6.10. The molecule has 1 heterocycles. The van der Waals surface area contributed by atoms with Gasteiger partial charge in [-0.3, -0.25) is 9.59 Å². The molecule has 7 nitrogen and oxygen atoms in total. The molecule has 0 unspecified atom stereocenters. The predicted molar refractivity (Wildman–Crippen MR) is 132 cm³/mol. The van der Waals surface area contributed by atoms with Crippen LogP contribution in [0.15, 0.2) is 54.1 Å². The van der Waals surface area contributed by atoms with E-state index in [0.717, 1.165) is 25.1 Å². The summed E-state index contributed by atoms with van der Waals surface area (Å²) in [6.45, 7) is 9.41. The average molecular weight is 467 g/mol. The number of amides is 1. The van der Waals surface area contributed by atoms with Gasteiger partial charge in [0, 0.05) is 18.7 Å². The molecule has 1 N–H and O–H groups in total. The Balaban J connectivity index is 2.08. The third kappa shape index (κ3) is 5.42. The van der Waals surface area contributed by atoms with Gasteiger partial charge in [-0.05, 0) is 61.5 Å². The highest BCUT2D eigenvalue weighted by atomic mass is 16.5. The van der Waals surface area contributed by atoms with Crippen LogP contribution >= 0.6 is 0 Å². The number of nitrogens with zero attached hydrogens (tertiary/aromatic N) is 2. The minimum absolute atomic E-state index is 0.0855. The summed E-state index contributed by atoms with van der Waals surface area (Å²) in [7, 11) is 1.56. The molecule has 34 heavy (non-hydrogen) atoms. The van der Waals surface area contributed by atoms with Crippen molar-refractivity contribution in [3.63, 3.8) is 0 Å². The molecule has 1 fully saturated rings. The fraction of sp³-hybridized carbons (Fsp3) is 0.407. The molecule has 1 saturated heterocycles. The van der Waals surface area contributed by atoms with Crippen LogP contribution in [0.3, 0.4) is 0 Å². The molecular weight excluding hydrogens is 432 g/mol. The molecule has 1 aliphatic heterocycles. The van der Waals surface area contributed by atoms with Gasteiger partial charge in [0.05, 0.1) is 25.3 Å². The first-order valence-corrected chi connectivity index (χ1v) is 11.8. The fourth-order valence-corrected chi connectivity index (χ4v) is 4.14. The number of benzene rings is 2. The Morgan fingerprint density at radius 3 is 2.35 bits per heavy atom. The molecule has 3 rings (SSSR count). The van der Waals surface area contributed by atoms with E-state index in [1.807, 2.05) is 31.2 Å². The Hall–Kier alpha value is -3.32. The van der Waals surface area contributed by atoms with Crippen LogP contribution in [-0.4, -0.2) is 66.5 Å². The van der Waals surface area contributed by atoms with Crippen molar-refractivity contribution in [1.82, 2.24) is 9.80 Å². The van der Waals surface area contributed by atoms with E-state index in [-0.39, 0.29) is 11.3 Å². The van der Waals surface area contributed by atoms with Gasteiger partial charge >= 0.3 is 0 Å². The van der Waals surface area contributed by atoms with Gasteiger partial charge in [0.2, 0.25) is 0 Å². The topological polar surface area (TPSA) is 79.3 Å². The molecule has 1 aliphatic rings. The summed E-state index contributed by atoms with van der Waals surface area (Å²) in [6.07, 6.45) is 0.865. The van der Waals surface area contributed by atoms with Crippen LogP contribution in [0, 0.1) is 0 Å². The molecule has 2 aromatic carbocycles. The maximum Gasteiger partial charge on any atom is 0.295 e. The van der Waals surface area contributed by atoms with Gasteiger partial charge in [-0.25, -0.2) is 0 Å². The van der Waals surface area contributed by atoms with Crippen molar-refractivity contribution in [2.45, 2.75) is 33.2 Å². The van der Waals surface area contributed by atoms with Gasteiger partial charge in [0.15, 0.2) is 0 Å². The van der Waals surface area contributed by atoms with E-state index in [0.29, 0.717) is 36.8 Å². The predicted octanol–water partition coefficient (Wildman–Crippen LogP) is 4.25. The third-order valence-electron chi connectivity index (χ3n) is 6.10. The second kappa shape index (κ2) is 11.7. The number of methoxy groups -OCH3 is 1. The minimum atomic E-state index is -0.706. The summed E-state index contributed by atoms with van der Waals surface area (Å²) in [5.74, 6) is -0.187. The number of aliphatic hydroxyl groups excluding tert-OH is 1. The molecule has 0 bridgehead atoms. The lowest BCUT2D eigenvalue weighted by atomic mass is 9.95. The molecule has 0 spiro atoms. The molecule has 1 atom stereocenters. The quantitative estimate of drug-likeness (QED) is 0.303. The van der Waals surface area contributed by atoms with E-state index in [4.69, 9.17) is 9.47 Å². The lowest BCUT2D eigenvalue weighted by Crippen LogP contribution is -2.38. The first kappa shape index (κ1) is 25.3. The highest BCUT2D eigenvalue weighted by molar-refractivity contribution is 6.46. The SMILES string of the molecule is CCCOc1cccc([C@H]2C(=C(O)c3ccc(OC)cc3)C(=O)C(=O)N2CCN(CC)CC)c1. The Kier molecular flexibility index (Phi) is 8.71. The molecule has 0 aromatic heterocycles. The van der Waals surface area contributed by atoms with Crippen molar-refractivity contribution in [2.24, 2.45) is 0 Å². The van der Waals surface area contributed by atoms with Crippen molar-refractivity contribution in [3.8, 4) is 11.5 Å². The number of likely N-dealkylation sites (N-methyl/N-ethyl adjacent to an activating group) is 1. The maximum absolute atomic E-state index is 13.2. The number of ketones is 1. The van der Waals surface area contributed by atoms with Crippen LogP contribution in [0.2, 0.25) is 0 Å². The van der Waals surface area contributed by atoms with E-state index in [9.17, 15) is 14.7 Å². The van der Waals surface area contributed by atoms with Crippen molar-refractivity contribution >= 4 is 17.4 Å². The monoisotopic (exact) mass is 466 g/mol. The number of likely N-dealkylation sites (tertiary alicyclic amines) is 1. The Labute approximate surface area is 201 Å². The van der Waals surface area contributed by atoms with E-state index >= 15 is 0 Å². The molecule has 0 aliphatic carbocycles. The van der Waals surface area contributed by atoms with Crippen LogP contribution < -0.4 is 9.47 Å². The van der Waals surface area contributed by atoms with Crippen molar-refractivity contribution in [3.05, 3.63) is 65.2 Å². The van der Waals surface area contributed by atoms with E-state index in [1.165, 1.54) is 0 Å². The van der Waals surface area contributed by atoms with Gasteiger partial charge in [-0.1, -0.05) is 32.9 Å². The zero-order valence-electron chi connectivity index (χ0n) is 20.4. The smallest absolute Gasteiger partial charge is 0.295 e. The van der Waals surface area contributed by atoms with Crippen LogP contribution in [0.1, 0.15) is 44.4 Å². The van der Waals surface area contributed by atoms with E-state index in [2.05, 4.69) is 18.7 Å². The lowest BCUT2D eigenvalue weighted by molar-refractivity contribution is -0.140. The lowest BCUT2D eigenvalue weighted by Gasteiger charge is -2.28. The highest BCUT2D eigenvalue weighted by Crippen LogP contribution is 2.40. The highest BCUT2D eigenvalue weighted by Gasteiger charge is 2.46. The number of ether oxygens (including phenoxy) is 2. The fourth-order valence-electron chi connectivity index (χ4n) is 4.14. The van der Waals surface area contributed by atoms with Crippen LogP contribution in [0.5, 0.6) is 11.5 Å². The van der Waals surface area contributed by atoms with Gasteiger partial charge in [-0.2, -0.15) is 0 Å². The molecule has 2 aromatic rings. The van der Waals surface area contributed by atoms with Crippen LogP contribution in [-0.2, 0) is 9.59 Å². The normalized spacial score (nSPS) is 17.4. The summed E-state index contributed by atoms with van der Waals surface area (Å²) in [4.78, 5) is 30.1. The minimum Gasteiger partial charge on any atom is -0.507 e. The Morgan fingerprint density at radius 2 is 1.74 bits per heavy atom. The zero-order chi connectivity index (χ0) is 24.7. The van der Waals surface area contributed by atoms with Gasteiger partial charge < -0.3 is 24.4 Å². The van der Waals surface area contributed by atoms with Gasteiger partial charge in [0.25, 0.3) is 11.7 Å². The number of aliphatic hydroxyl groups is 1. The van der Waals surface area contributed by atoms with Crippen LogP contribution in [0.25, 0.3) is 5.76 Å². The number of hydrogen-bond donors (Lipinski definition) is 1. The molecular formula is C27H34N2O5. The first-order valence-electron chi connectivity index (χ1n) is 11.8. The number of carbonyl (C=O) groups is 2. The van der Waals surface area contributed by atoms with Crippen molar-refractivity contribution in [1.29, 1.82) is 0 Å². The largest absolute Gasteiger partial charge is 0.507 e. The van der Waals surface area contributed by atoms with Gasteiger partial charge in [0.1, 0.15) is 17.3 Å². The Morgan fingerprint density at radius 1 is 1.03 bits per heavy atom. The second-order valence-electron chi connectivity index (χ2n) is 8.17. The summed E-state index contributed by atoms with van der Waals surface area (Å²) >= 11 is 0. The van der Waals surface area contributed by atoms with Crippen LogP contribution in [0.4, 0.5) is 0 Å². The van der Waals surface area contributed by atoms with Crippen molar-refractivity contribution < 1.29 is 24.2 Å². The maximum atomic E-state index is 13.2. The average Bonchev–Trinajstić information content (AvgIpc) is 3.13. The van der Waals surface area contributed by atoms with E-state index < -0.39 is 17.7 Å². The summed E-state index contributed by atoms with van der Waals surface area (Å²) in [6, 6.07) is 13.5. The molecule has 7 heteroatoms. The number of rotatable bonds is 11. The second-order valence-corrected chi connectivity index (χ2v) is 8.17. The van der Waals surface area contributed by atoms with Gasteiger partial charge in [-0.15, -0.1) is 0 Å². The van der Waals surface area contributed by atoms with E-state index in [1.54, 1.807) is 36.3 Å². The zero-order valence-corrected chi connectivity index (χ0v) is 20.4. The number of Topliss-reactive ketones (excluding diaryl/α,β-unsaturated/α-hetero) is 1. The molecule has 0 radical (unpaired) electrons.